The molecule has 5 nitrogen and oxygen atoms in total. The van der Waals surface area contributed by atoms with E-state index in [1.54, 1.807) is 0 Å². The number of hydrogen-bond donors (Lipinski definition) is 2. The Morgan fingerprint density at radius 3 is 2.47 bits per heavy atom. The lowest BCUT2D eigenvalue weighted by Crippen LogP contribution is -2.33. The minimum atomic E-state index is -3.62. The van der Waals surface area contributed by atoms with E-state index in [-0.39, 0.29) is 23.5 Å². The van der Waals surface area contributed by atoms with Crippen molar-refractivity contribution >= 4 is 10.0 Å². The summed E-state index contributed by atoms with van der Waals surface area (Å²) in [4.78, 5) is 0. The fourth-order valence-corrected chi connectivity index (χ4v) is 2.87. The summed E-state index contributed by atoms with van der Waals surface area (Å²) >= 11 is 0. The van der Waals surface area contributed by atoms with E-state index >= 15 is 0 Å². The largest absolute Gasteiger partial charge is 0.446 e. The van der Waals surface area contributed by atoms with Gasteiger partial charge in [-0.15, -0.1) is 0 Å². The van der Waals surface area contributed by atoms with Crippen LogP contribution in [0, 0.1) is 5.92 Å². The number of rotatable bonds is 6. The standard InChI is InChI=1S/C11H19NO4S/c1-8(2)6-9(3)12-17(14,15)11-5-4-10(7-13)16-11/h4-5,8-9,12-13H,6-7H2,1-3H3. The second kappa shape index (κ2) is 5.66. The number of aliphatic hydroxyl groups excluding tert-OH is 1. The predicted octanol–water partition coefficient (Wildman–Crippen LogP) is 1.48. The lowest BCUT2D eigenvalue weighted by atomic mass is 10.1. The zero-order chi connectivity index (χ0) is 13.1. The molecule has 1 aromatic heterocycles. The molecule has 98 valence electrons. The lowest BCUT2D eigenvalue weighted by molar-refractivity contribution is 0.236. The minimum absolute atomic E-state index is 0.150. The highest BCUT2D eigenvalue weighted by Gasteiger charge is 2.21. The van der Waals surface area contributed by atoms with E-state index < -0.39 is 10.0 Å². The Morgan fingerprint density at radius 1 is 1.35 bits per heavy atom. The minimum Gasteiger partial charge on any atom is -0.446 e. The molecule has 1 unspecified atom stereocenters. The van der Waals surface area contributed by atoms with Crippen LogP contribution < -0.4 is 4.72 Å². The first-order chi connectivity index (χ1) is 7.85. The molecule has 6 heteroatoms. The molecular formula is C11H19NO4S. The van der Waals surface area contributed by atoms with Gasteiger partial charge in [0.05, 0.1) is 0 Å². The highest BCUT2D eigenvalue weighted by Crippen LogP contribution is 2.15. The summed E-state index contributed by atoms with van der Waals surface area (Å²) in [6, 6.07) is 2.64. The van der Waals surface area contributed by atoms with Gasteiger partial charge in [-0.2, -0.15) is 0 Å². The van der Waals surface area contributed by atoms with Gasteiger partial charge in [-0.1, -0.05) is 13.8 Å². The molecule has 0 aliphatic heterocycles. The van der Waals surface area contributed by atoms with E-state index in [9.17, 15) is 8.42 Å². The fourth-order valence-electron chi connectivity index (χ4n) is 1.67. The summed E-state index contributed by atoms with van der Waals surface area (Å²) in [7, 11) is -3.62. The third kappa shape index (κ3) is 4.14. The maximum absolute atomic E-state index is 11.9. The molecule has 0 bridgehead atoms. The molecule has 1 heterocycles. The van der Waals surface area contributed by atoms with Crippen molar-refractivity contribution < 1.29 is 17.9 Å². The van der Waals surface area contributed by atoms with Crippen LogP contribution in [-0.4, -0.2) is 19.6 Å². The van der Waals surface area contributed by atoms with Crippen LogP contribution in [-0.2, 0) is 16.6 Å². The lowest BCUT2D eigenvalue weighted by Gasteiger charge is -2.14. The van der Waals surface area contributed by atoms with Crippen LogP contribution in [0.3, 0.4) is 0 Å². The summed E-state index contributed by atoms with van der Waals surface area (Å²) in [5.74, 6) is 0.652. The highest BCUT2D eigenvalue weighted by atomic mass is 32.2. The second-order valence-corrected chi connectivity index (χ2v) is 6.18. The summed E-state index contributed by atoms with van der Waals surface area (Å²) in [6.45, 7) is 5.56. The number of hydrogen-bond acceptors (Lipinski definition) is 4. The van der Waals surface area contributed by atoms with Crippen molar-refractivity contribution in [3.05, 3.63) is 17.9 Å². The van der Waals surface area contributed by atoms with Crippen molar-refractivity contribution in [3.8, 4) is 0 Å². The van der Waals surface area contributed by atoms with Crippen LogP contribution in [0.25, 0.3) is 0 Å². The van der Waals surface area contributed by atoms with Gasteiger partial charge in [0.2, 0.25) is 5.09 Å². The average Bonchev–Trinajstić information content (AvgIpc) is 2.63. The van der Waals surface area contributed by atoms with Crippen molar-refractivity contribution in [2.45, 2.75) is 44.9 Å². The summed E-state index contributed by atoms with van der Waals surface area (Å²) < 4.78 is 31.3. The van der Waals surface area contributed by atoms with Gasteiger partial charge in [0, 0.05) is 6.04 Å². The molecule has 0 aliphatic rings. The molecule has 0 saturated heterocycles. The van der Waals surface area contributed by atoms with E-state index in [0.717, 1.165) is 6.42 Å². The number of sulfonamides is 1. The summed E-state index contributed by atoms with van der Waals surface area (Å²) in [6.07, 6.45) is 0.757. The van der Waals surface area contributed by atoms with Crippen molar-refractivity contribution in [2.24, 2.45) is 5.92 Å². The molecule has 17 heavy (non-hydrogen) atoms. The van der Waals surface area contributed by atoms with Crippen LogP contribution in [0.15, 0.2) is 21.6 Å². The highest BCUT2D eigenvalue weighted by molar-refractivity contribution is 7.89. The normalized spacial score (nSPS) is 14.2. The molecule has 0 spiro atoms. The van der Waals surface area contributed by atoms with Gasteiger partial charge < -0.3 is 9.52 Å². The van der Waals surface area contributed by atoms with Crippen LogP contribution in [0.2, 0.25) is 0 Å². The Labute approximate surface area is 102 Å². The quantitative estimate of drug-likeness (QED) is 0.813. The van der Waals surface area contributed by atoms with Gasteiger partial charge in [-0.05, 0) is 31.4 Å². The topological polar surface area (TPSA) is 79.5 Å². The van der Waals surface area contributed by atoms with Crippen molar-refractivity contribution in [1.29, 1.82) is 0 Å². The van der Waals surface area contributed by atoms with Crippen molar-refractivity contribution in [2.75, 3.05) is 0 Å². The fraction of sp³-hybridized carbons (Fsp3) is 0.636. The molecule has 1 aromatic rings. The van der Waals surface area contributed by atoms with E-state index in [0.29, 0.717) is 5.92 Å². The first-order valence-corrected chi connectivity index (χ1v) is 7.05. The summed E-state index contributed by atoms with van der Waals surface area (Å²) in [5, 5.41) is 8.65. The number of furan rings is 1. The molecule has 0 saturated carbocycles. The SMILES string of the molecule is CC(C)CC(C)NS(=O)(=O)c1ccc(CO)o1. The average molecular weight is 261 g/mol. The Morgan fingerprint density at radius 2 is 2.00 bits per heavy atom. The number of nitrogens with one attached hydrogen (secondary N) is 1. The van der Waals surface area contributed by atoms with Gasteiger partial charge in [-0.25, -0.2) is 13.1 Å². The molecule has 0 fully saturated rings. The first-order valence-electron chi connectivity index (χ1n) is 5.57. The van der Waals surface area contributed by atoms with Crippen LogP contribution >= 0.6 is 0 Å². The van der Waals surface area contributed by atoms with E-state index in [2.05, 4.69) is 4.72 Å². The molecule has 0 amide bonds. The van der Waals surface area contributed by atoms with Gasteiger partial charge in [-0.3, -0.25) is 0 Å². The van der Waals surface area contributed by atoms with Gasteiger partial charge >= 0.3 is 0 Å². The van der Waals surface area contributed by atoms with Gasteiger partial charge in [0.1, 0.15) is 12.4 Å². The van der Waals surface area contributed by atoms with Crippen LogP contribution in [0.4, 0.5) is 0 Å². The van der Waals surface area contributed by atoms with Gasteiger partial charge in [0.25, 0.3) is 10.0 Å². The third-order valence-corrected chi connectivity index (χ3v) is 3.70. The Kier molecular flexibility index (Phi) is 4.73. The second-order valence-electron chi connectivity index (χ2n) is 4.53. The Hall–Kier alpha value is -0.850. The molecule has 1 rings (SSSR count). The van der Waals surface area contributed by atoms with E-state index in [1.807, 2.05) is 20.8 Å². The molecule has 0 aromatic carbocycles. The zero-order valence-corrected chi connectivity index (χ0v) is 11.1. The third-order valence-electron chi connectivity index (χ3n) is 2.24. The molecule has 2 N–H and O–H groups in total. The molecule has 0 aliphatic carbocycles. The monoisotopic (exact) mass is 261 g/mol. The van der Waals surface area contributed by atoms with E-state index in [4.69, 9.17) is 9.52 Å². The maximum Gasteiger partial charge on any atom is 0.274 e. The Bertz CT molecular complexity index is 450. The molecule has 1 atom stereocenters. The van der Waals surface area contributed by atoms with Crippen molar-refractivity contribution in [1.82, 2.24) is 4.72 Å². The molecular weight excluding hydrogens is 242 g/mol. The number of aliphatic hydroxyl groups is 1. The Balaban J connectivity index is 2.74. The van der Waals surface area contributed by atoms with Crippen LogP contribution in [0.1, 0.15) is 33.0 Å². The first kappa shape index (κ1) is 14.2. The van der Waals surface area contributed by atoms with E-state index in [1.165, 1.54) is 12.1 Å². The maximum atomic E-state index is 11.9. The zero-order valence-electron chi connectivity index (χ0n) is 10.3. The predicted molar refractivity (Wildman–Crippen MR) is 63.9 cm³/mol. The van der Waals surface area contributed by atoms with Gasteiger partial charge in [0.15, 0.2) is 0 Å². The van der Waals surface area contributed by atoms with Crippen molar-refractivity contribution in [3.63, 3.8) is 0 Å². The smallest absolute Gasteiger partial charge is 0.274 e. The van der Waals surface area contributed by atoms with Crippen LogP contribution in [0.5, 0.6) is 0 Å². The summed E-state index contributed by atoms with van der Waals surface area (Å²) in [5.41, 5.74) is 0. The molecule has 0 radical (unpaired) electrons.